The molecule has 7 nitrogen and oxygen atoms in total. The summed E-state index contributed by atoms with van der Waals surface area (Å²) in [5, 5.41) is 23.6. The molecular weight excluding hydrogens is 413 g/mol. The average Bonchev–Trinajstić information content (AvgIpc) is 3.08. The van der Waals surface area contributed by atoms with Crippen LogP contribution in [-0.2, 0) is 11.2 Å². The van der Waals surface area contributed by atoms with Crippen molar-refractivity contribution in [3.63, 3.8) is 0 Å². The highest BCUT2D eigenvalue weighted by atomic mass is 35.5. The zero-order chi connectivity index (χ0) is 21.4. The Morgan fingerprint density at radius 2 is 1.97 bits per heavy atom. The standard InChI is InChI=1S/C21H15ClFN3O4/c22-12-1-4-16-10(5-12)6-15(20(27)28)19(25-16)26-18(21(29)30)7-11-9-24-17-8-13(23)2-3-14(11)17/h1-6,8-9,18,24H,7H2,(H,25,26)(H,27,28)(H,29,30). The maximum Gasteiger partial charge on any atom is 0.339 e. The predicted octanol–water partition coefficient (Wildman–Crippen LogP) is 4.31. The van der Waals surface area contributed by atoms with Gasteiger partial charge in [0.05, 0.1) is 5.52 Å². The zero-order valence-corrected chi connectivity index (χ0v) is 16.1. The van der Waals surface area contributed by atoms with Crippen LogP contribution in [0.4, 0.5) is 10.2 Å². The van der Waals surface area contributed by atoms with Gasteiger partial charge in [0.2, 0.25) is 0 Å². The Morgan fingerprint density at radius 1 is 1.17 bits per heavy atom. The number of aliphatic carboxylic acids is 1. The predicted molar refractivity (Wildman–Crippen MR) is 111 cm³/mol. The number of carbonyl (C=O) groups is 2. The number of aromatic nitrogens is 2. The van der Waals surface area contributed by atoms with E-state index in [4.69, 9.17) is 11.6 Å². The van der Waals surface area contributed by atoms with Crippen LogP contribution in [0.2, 0.25) is 5.02 Å². The summed E-state index contributed by atoms with van der Waals surface area (Å²) < 4.78 is 13.4. The van der Waals surface area contributed by atoms with Crippen LogP contribution >= 0.6 is 11.6 Å². The highest BCUT2D eigenvalue weighted by molar-refractivity contribution is 6.31. The molecule has 0 aliphatic carbocycles. The van der Waals surface area contributed by atoms with Gasteiger partial charge in [0, 0.05) is 33.9 Å². The Bertz CT molecular complexity index is 1300. The van der Waals surface area contributed by atoms with E-state index in [1.54, 1.807) is 30.5 Å². The number of hydrogen-bond acceptors (Lipinski definition) is 4. The van der Waals surface area contributed by atoms with E-state index in [0.717, 1.165) is 0 Å². The molecule has 1 atom stereocenters. The first-order valence-electron chi connectivity index (χ1n) is 8.90. The third kappa shape index (κ3) is 3.77. The van der Waals surface area contributed by atoms with E-state index < -0.39 is 23.8 Å². The van der Waals surface area contributed by atoms with Crippen molar-refractivity contribution in [3.8, 4) is 0 Å². The van der Waals surface area contributed by atoms with Gasteiger partial charge in [-0.25, -0.2) is 19.0 Å². The number of H-pyrrole nitrogens is 1. The Hall–Kier alpha value is -3.65. The molecule has 0 aliphatic heterocycles. The topological polar surface area (TPSA) is 115 Å². The molecule has 152 valence electrons. The van der Waals surface area contributed by atoms with Crippen LogP contribution in [0.5, 0.6) is 0 Å². The quantitative estimate of drug-likeness (QED) is 0.364. The molecule has 0 fully saturated rings. The molecule has 1 unspecified atom stereocenters. The van der Waals surface area contributed by atoms with Crippen molar-refractivity contribution in [1.82, 2.24) is 9.97 Å². The van der Waals surface area contributed by atoms with Gasteiger partial charge in [0.25, 0.3) is 0 Å². The fourth-order valence-corrected chi connectivity index (χ4v) is 3.51. The molecule has 0 saturated heterocycles. The van der Waals surface area contributed by atoms with Gasteiger partial charge in [-0.3, -0.25) is 0 Å². The summed E-state index contributed by atoms with van der Waals surface area (Å²) >= 11 is 5.96. The Labute approximate surface area is 174 Å². The average molecular weight is 428 g/mol. The van der Waals surface area contributed by atoms with E-state index >= 15 is 0 Å². The van der Waals surface area contributed by atoms with Crippen LogP contribution in [0.15, 0.2) is 48.7 Å². The van der Waals surface area contributed by atoms with Crippen LogP contribution < -0.4 is 5.32 Å². The van der Waals surface area contributed by atoms with Gasteiger partial charge in [0.15, 0.2) is 0 Å². The lowest BCUT2D eigenvalue weighted by molar-refractivity contribution is -0.137. The molecular formula is C21H15ClFN3O4. The zero-order valence-electron chi connectivity index (χ0n) is 15.3. The maximum atomic E-state index is 13.4. The normalized spacial score (nSPS) is 12.2. The van der Waals surface area contributed by atoms with Crippen molar-refractivity contribution < 1.29 is 24.2 Å². The molecule has 0 saturated carbocycles. The molecule has 30 heavy (non-hydrogen) atoms. The molecule has 2 aromatic carbocycles. The highest BCUT2D eigenvalue weighted by Crippen LogP contribution is 2.26. The lowest BCUT2D eigenvalue weighted by Gasteiger charge is -2.17. The van der Waals surface area contributed by atoms with Crippen molar-refractivity contribution in [3.05, 3.63) is 70.6 Å². The smallest absolute Gasteiger partial charge is 0.339 e. The number of nitrogens with zero attached hydrogens (tertiary/aromatic N) is 1. The largest absolute Gasteiger partial charge is 0.480 e. The van der Waals surface area contributed by atoms with Crippen molar-refractivity contribution in [2.75, 3.05) is 5.32 Å². The van der Waals surface area contributed by atoms with Crippen LogP contribution in [0.25, 0.3) is 21.8 Å². The molecule has 2 aromatic heterocycles. The lowest BCUT2D eigenvalue weighted by atomic mass is 10.0. The van der Waals surface area contributed by atoms with Crippen LogP contribution in [0, 0.1) is 5.82 Å². The maximum absolute atomic E-state index is 13.4. The summed E-state index contributed by atoms with van der Waals surface area (Å²) in [7, 11) is 0. The number of pyridine rings is 1. The number of carboxylic acids is 2. The van der Waals surface area contributed by atoms with Crippen molar-refractivity contribution in [2.45, 2.75) is 12.5 Å². The summed E-state index contributed by atoms with van der Waals surface area (Å²) in [5.41, 5.74) is 1.49. The van der Waals surface area contributed by atoms with E-state index in [9.17, 15) is 24.2 Å². The van der Waals surface area contributed by atoms with Crippen molar-refractivity contribution >= 4 is 51.2 Å². The SMILES string of the molecule is O=C(O)c1cc2cc(Cl)ccc2nc1NC(Cc1c[nH]c2cc(F)ccc12)C(=O)O. The van der Waals surface area contributed by atoms with Crippen molar-refractivity contribution in [1.29, 1.82) is 0 Å². The van der Waals surface area contributed by atoms with Gasteiger partial charge in [-0.1, -0.05) is 11.6 Å². The number of anilines is 1. The number of fused-ring (bicyclic) bond motifs is 2. The number of rotatable bonds is 6. The van der Waals surface area contributed by atoms with Gasteiger partial charge >= 0.3 is 11.9 Å². The molecule has 0 aliphatic rings. The molecule has 0 spiro atoms. The number of halogens is 2. The number of nitrogens with one attached hydrogen (secondary N) is 2. The van der Waals surface area contributed by atoms with Gasteiger partial charge < -0.3 is 20.5 Å². The van der Waals surface area contributed by atoms with E-state index in [1.807, 2.05) is 0 Å². The third-order valence-corrected chi connectivity index (χ3v) is 5.00. The molecule has 9 heteroatoms. The second-order valence-electron chi connectivity index (χ2n) is 6.77. The van der Waals surface area contributed by atoms with E-state index in [2.05, 4.69) is 15.3 Å². The number of carboxylic acid groups (broad SMARTS) is 2. The fourth-order valence-electron chi connectivity index (χ4n) is 3.33. The first kappa shape index (κ1) is 19.7. The van der Waals surface area contributed by atoms with E-state index in [-0.39, 0.29) is 17.8 Å². The summed E-state index contributed by atoms with van der Waals surface area (Å²) in [6.45, 7) is 0. The molecule has 4 rings (SSSR count). The lowest BCUT2D eigenvalue weighted by Crippen LogP contribution is -2.32. The first-order valence-corrected chi connectivity index (χ1v) is 9.28. The molecule has 0 radical (unpaired) electrons. The second-order valence-corrected chi connectivity index (χ2v) is 7.21. The van der Waals surface area contributed by atoms with Crippen LogP contribution in [0.1, 0.15) is 15.9 Å². The number of benzene rings is 2. The van der Waals surface area contributed by atoms with Gasteiger partial charge in [-0.05, 0) is 48.0 Å². The summed E-state index contributed by atoms with van der Waals surface area (Å²) in [5.74, 6) is -2.90. The minimum atomic E-state index is -1.25. The number of hydrogen-bond donors (Lipinski definition) is 4. The Morgan fingerprint density at radius 3 is 2.70 bits per heavy atom. The van der Waals surface area contributed by atoms with Crippen LogP contribution in [-0.4, -0.2) is 38.2 Å². The molecule has 2 heterocycles. The molecule has 4 aromatic rings. The minimum Gasteiger partial charge on any atom is -0.480 e. The van der Waals surface area contributed by atoms with Crippen molar-refractivity contribution in [2.24, 2.45) is 0 Å². The van der Waals surface area contributed by atoms with E-state index in [1.165, 1.54) is 18.2 Å². The second kappa shape index (κ2) is 7.64. The monoisotopic (exact) mass is 427 g/mol. The van der Waals surface area contributed by atoms with Gasteiger partial charge in [-0.15, -0.1) is 0 Å². The van der Waals surface area contributed by atoms with Gasteiger partial charge in [0.1, 0.15) is 23.2 Å². The Kier molecular flexibility index (Phi) is 5.01. The minimum absolute atomic E-state index is 0.0281. The molecule has 4 N–H and O–H groups in total. The highest BCUT2D eigenvalue weighted by Gasteiger charge is 2.23. The van der Waals surface area contributed by atoms with E-state index in [0.29, 0.717) is 32.4 Å². The van der Waals surface area contributed by atoms with Gasteiger partial charge in [-0.2, -0.15) is 0 Å². The Balaban J connectivity index is 1.71. The van der Waals surface area contributed by atoms with Crippen LogP contribution in [0.3, 0.4) is 0 Å². The third-order valence-electron chi connectivity index (χ3n) is 4.77. The fraction of sp³-hybridized carbons (Fsp3) is 0.0952. The molecule has 0 bridgehead atoms. The molecule has 0 amide bonds. The number of aromatic carboxylic acids is 1. The number of aromatic amines is 1. The summed E-state index contributed by atoms with van der Waals surface area (Å²) in [4.78, 5) is 30.8. The summed E-state index contributed by atoms with van der Waals surface area (Å²) in [6.07, 6.45) is 1.63. The first-order chi connectivity index (χ1) is 14.3. The summed E-state index contributed by atoms with van der Waals surface area (Å²) in [6, 6.07) is 9.23.